The summed E-state index contributed by atoms with van der Waals surface area (Å²) in [5.41, 5.74) is 4.16. The first kappa shape index (κ1) is 17.5. The predicted molar refractivity (Wildman–Crippen MR) is 108 cm³/mol. The van der Waals surface area contributed by atoms with Crippen LogP contribution in [-0.4, -0.2) is 29.7 Å². The first-order chi connectivity index (χ1) is 13.1. The normalized spacial score (nSPS) is 27.8. The zero-order chi connectivity index (χ0) is 18.6. The molecule has 3 aromatic rings. The van der Waals surface area contributed by atoms with Crippen LogP contribution < -0.4 is 10.1 Å². The summed E-state index contributed by atoms with van der Waals surface area (Å²) in [6.07, 6.45) is 2.79. The van der Waals surface area contributed by atoms with Crippen LogP contribution in [0, 0.1) is 0 Å². The number of methoxy groups -OCH3 is 1. The molecule has 2 N–H and O–H groups in total. The van der Waals surface area contributed by atoms with E-state index < -0.39 is 0 Å². The Labute approximate surface area is 167 Å². The number of H-pyrrole nitrogens is 1. The zero-order valence-corrected chi connectivity index (χ0v) is 16.9. The van der Waals surface area contributed by atoms with Gasteiger partial charge in [0.25, 0.3) is 0 Å². The first-order valence-electron chi connectivity index (χ1n) is 9.29. The van der Waals surface area contributed by atoms with Gasteiger partial charge in [0.15, 0.2) is 0 Å². The van der Waals surface area contributed by atoms with Crippen LogP contribution in [0.25, 0.3) is 11.0 Å². The molecule has 3 aromatic heterocycles. The minimum atomic E-state index is -0.261. The summed E-state index contributed by atoms with van der Waals surface area (Å²) < 4.78 is 12.6. The van der Waals surface area contributed by atoms with Gasteiger partial charge >= 0.3 is 0 Å². The van der Waals surface area contributed by atoms with Gasteiger partial charge in [0.1, 0.15) is 5.60 Å². The molecule has 5 heterocycles. The van der Waals surface area contributed by atoms with Crippen molar-refractivity contribution in [2.45, 2.75) is 43.9 Å². The van der Waals surface area contributed by atoms with Gasteiger partial charge in [-0.1, -0.05) is 11.6 Å². The van der Waals surface area contributed by atoms with Gasteiger partial charge in [-0.25, -0.2) is 4.98 Å². The monoisotopic (exact) mass is 403 g/mol. The summed E-state index contributed by atoms with van der Waals surface area (Å²) in [6, 6.07) is 8.64. The number of ether oxygens (including phenoxy) is 2. The molecule has 5 rings (SSSR count). The molecule has 0 radical (unpaired) electrons. The number of nitrogens with one attached hydrogen (secondary N) is 2. The van der Waals surface area contributed by atoms with Crippen molar-refractivity contribution in [3.63, 3.8) is 0 Å². The maximum absolute atomic E-state index is 6.44. The van der Waals surface area contributed by atoms with Gasteiger partial charge in [-0.3, -0.25) is 0 Å². The van der Waals surface area contributed by atoms with Crippen molar-refractivity contribution in [2.75, 3.05) is 13.7 Å². The van der Waals surface area contributed by atoms with Gasteiger partial charge in [0.05, 0.1) is 35.1 Å². The van der Waals surface area contributed by atoms with Crippen LogP contribution in [0.5, 0.6) is 5.88 Å². The highest BCUT2D eigenvalue weighted by atomic mass is 35.5. The smallest absolute Gasteiger partial charge is 0.213 e. The van der Waals surface area contributed by atoms with Crippen LogP contribution in [0.4, 0.5) is 0 Å². The number of aromatic amines is 1. The highest BCUT2D eigenvalue weighted by Crippen LogP contribution is 2.50. The Balaban J connectivity index is 1.53. The lowest BCUT2D eigenvalue weighted by atomic mass is 9.79. The summed E-state index contributed by atoms with van der Waals surface area (Å²) in [5.74, 6) is 0.628. The predicted octanol–water partition coefficient (Wildman–Crippen LogP) is 4.57. The number of nitrogens with zero attached hydrogens (tertiary/aromatic N) is 1. The second-order valence-corrected chi connectivity index (χ2v) is 9.22. The lowest BCUT2D eigenvalue weighted by molar-refractivity contribution is -0.0957. The molecule has 7 heteroatoms. The summed E-state index contributed by atoms with van der Waals surface area (Å²) in [5, 5.41) is 3.73. The number of pyridine rings is 1. The molecule has 1 spiro atoms. The fourth-order valence-electron chi connectivity index (χ4n) is 4.57. The third-order valence-corrected chi connectivity index (χ3v) is 7.14. The number of rotatable bonds is 2. The zero-order valence-electron chi connectivity index (χ0n) is 15.3. The van der Waals surface area contributed by atoms with Crippen LogP contribution >= 0.6 is 22.9 Å². The van der Waals surface area contributed by atoms with Crippen LogP contribution in [0.1, 0.15) is 41.9 Å². The van der Waals surface area contributed by atoms with E-state index >= 15 is 0 Å². The van der Waals surface area contributed by atoms with Crippen LogP contribution in [-0.2, 0) is 16.8 Å². The van der Waals surface area contributed by atoms with Gasteiger partial charge < -0.3 is 19.8 Å². The molecule has 2 aliphatic heterocycles. The quantitative estimate of drug-likeness (QED) is 0.658. The highest BCUT2D eigenvalue weighted by Gasteiger charge is 2.46. The van der Waals surface area contributed by atoms with Gasteiger partial charge in [-0.15, -0.1) is 11.3 Å². The fraction of sp³-hybridized carbons (Fsp3) is 0.450. The molecule has 2 aliphatic rings. The minimum Gasteiger partial charge on any atom is -0.481 e. The average molecular weight is 404 g/mol. The van der Waals surface area contributed by atoms with Crippen molar-refractivity contribution in [3.05, 3.63) is 44.7 Å². The van der Waals surface area contributed by atoms with Gasteiger partial charge in [-0.05, 0) is 43.5 Å². The molecular formula is C20H22ClN3O2S. The molecule has 142 valence electrons. The molecule has 3 unspecified atom stereocenters. The lowest BCUT2D eigenvalue weighted by Gasteiger charge is -2.46. The Morgan fingerprint density at radius 1 is 1.33 bits per heavy atom. The second-order valence-electron chi connectivity index (χ2n) is 7.54. The van der Waals surface area contributed by atoms with E-state index in [1.807, 2.05) is 12.1 Å². The third kappa shape index (κ3) is 2.95. The number of aromatic nitrogens is 2. The summed E-state index contributed by atoms with van der Waals surface area (Å²) >= 11 is 8.02. The van der Waals surface area contributed by atoms with Crippen molar-refractivity contribution in [2.24, 2.45) is 0 Å². The maximum Gasteiger partial charge on any atom is 0.213 e. The van der Waals surface area contributed by atoms with Crippen LogP contribution in [0.3, 0.4) is 0 Å². The van der Waals surface area contributed by atoms with E-state index in [1.54, 1.807) is 18.4 Å². The van der Waals surface area contributed by atoms with Crippen molar-refractivity contribution in [3.8, 4) is 5.88 Å². The summed E-state index contributed by atoms with van der Waals surface area (Å²) in [7, 11) is 1.64. The maximum atomic E-state index is 6.44. The van der Waals surface area contributed by atoms with Crippen molar-refractivity contribution in [1.29, 1.82) is 0 Å². The van der Waals surface area contributed by atoms with Crippen molar-refractivity contribution < 1.29 is 9.47 Å². The number of hydrogen-bond acceptors (Lipinski definition) is 5. The van der Waals surface area contributed by atoms with Crippen molar-refractivity contribution in [1.82, 2.24) is 15.3 Å². The molecule has 0 amide bonds. The molecule has 0 aromatic carbocycles. The largest absolute Gasteiger partial charge is 0.481 e. The van der Waals surface area contributed by atoms with E-state index in [9.17, 15) is 0 Å². The van der Waals surface area contributed by atoms with Crippen LogP contribution in [0.2, 0.25) is 4.34 Å². The van der Waals surface area contributed by atoms with Gasteiger partial charge in [0, 0.05) is 29.1 Å². The van der Waals surface area contributed by atoms with E-state index in [-0.39, 0.29) is 11.6 Å². The summed E-state index contributed by atoms with van der Waals surface area (Å²) in [4.78, 5) is 9.39. The molecule has 5 nitrogen and oxygen atoms in total. The standard InChI is InChI=1S/C20H22ClN3O2S/c1-11-9-20(19-12(5-6-26-20)7-17(21)27-19)10-16(22-11)15-8-14-13(23-15)3-4-18(24-14)25-2/h3-4,7-8,11,16,22-23H,5-6,9-10H2,1-2H3. The van der Waals surface area contributed by atoms with E-state index in [2.05, 4.69) is 34.3 Å². The number of piperidine rings is 1. The Hall–Kier alpha value is -1.60. The first-order valence-corrected chi connectivity index (χ1v) is 10.5. The van der Waals surface area contributed by atoms with Crippen LogP contribution in [0.15, 0.2) is 24.3 Å². The molecule has 0 aliphatic carbocycles. The fourth-order valence-corrected chi connectivity index (χ4v) is 6.04. The van der Waals surface area contributed by atoms with E-state index in [0.29, 0.717) is 11.9 Å². The molecular weight excluding hydrogens is 382 g/mol. The van der Waals surface area contributed by atoms with Gasteiger partial charge in [-0.2, -0.15) is 0 Å². The third-order valence-electron chi connectivity index (χ3n) is 5.65. The molecule has 0 bridgehead atoms. The Kier molecular flexibility index (Phi) is 4.20. The average Bonchev–Trinajstić information content (AvgIpc) is 3.24. The summed E-state index contributed by atoms with van der Waals surface area (Å²) in [6.45, 7) is 2.98. The molecule has 27 heavy (non-hydrogen) atoms. The number of thiophene rings is 1. The highest BCUT2D eigenvalue weighted by molar-refractivity contribution is 7.16. The van der Waals surface area contributed by atoms with E-state index in [4.69, 9.17) is 21.1 Å². The van der Waals surface area contributed by atoms with E-state index in [0.717, 1.165) is 46.9 Å². The molecule has 1 fully saturated rings. The second kappa shape index (κ2) is 6.48. The number of halogens is 1. The number of fused-ring (bicyclic) bond motifs is 3. The SMILES string of the molecule is COc1ccc2[nH]c(C3CC4(CC(C)N3)OCCc3cc(Cl)sc34)cc2n1. The van der Waals surface area contributed by atoms with E-state index in [1.165, 1.54) is 10.4 Å². The van der Waals surface area contributed by atoms with Crippen molar-refractivity contribution >= 4 is 34.0 Å². The topological polar surface area (TPSA) is 59.2 Å². The molecule has 0 saturated carbocycles. The molecule has 1 saturated heterocycles. The number of hydrogen-bond donors (Lipinski definition) is 2. The lowest BCUT2D eigenvalue weighted by Crippen LogP contribution is -2.49. The Bertz CT molecular complexity index is 1000. The van der Waals surface area contributed by atoms with Gasteiger partial charge in [0.2, 0.25) is 5.88 Å². The molecule has 3 atom stereocenters. The Morgan fingerprint density at radius 2 is 2.22 bits per heavy atom. The Morgan fingerprint density at radius 3 is 3.07 bits per heavy atom. The minimum absolute atomic E-state index is 0.167.